The highest BCUT2D eigenvalue weighted by Gasteiger charge is 2.31. The van der Waals surface area contributed by atoms with Gasteiger partial charge in [0.1, 0.15) is 5.69 Å². The fraction of sp³-hybridized carbons (Fsp3) is 0.167. The van der Waals surface area contributed by atoms with Gasteiger partial charge in [0.25, 0.3) is 0 Å². The SMILES string of the molecule is Cc1ncccc1Cl.FC(F)(F)c1ccccn1. The van der Waals surface area contributed by atoms with Crippen molar-refractivity contribution in [2.24, 2.45) is 0 Å². The third-order valence-electron chi connectivity index (χ3n) is 1.90. The third-order valence-corrected chi connectivity index (χ3v) is 2.30. The summed E-state index contributed by atoms with van der Waals surface area (Å²) in [7, 11) is 0. The minimum atomic E-state index is -4.32. The normalized spacial score (nSPS) is 10.5. The lowest BCUT2D eigenvalue weighted by atomic mass is 10.3. The third kappa shape index (κ3) is 4.71. The number of pyridine rings is 2. The summed E-state index contributed by atoms with van der Waals surface area (Å²) in [6.45, 7) is 1.88. The van der Waals surface area contributed by atoms with E-state index in [9.17, 15) is 13.2 Å². The molecule has 6 heteroatoms. The molecule has 0 spiro atoms. The Morgan fingerprint density at radius 2 is 1.67 bits per heavy atom. The zero-order chi connectivity index (χ0) is 13.6. The number of alkyl halides is 3. The van der Waals surface area contributed by atoms with Gasteiger partial charge >= 0.3 is 6.18 Å². The van der Waals surface area contributed by atoms with Crippen molar-refractivity contribution < 1.29 is 13.2 Å². The predicted molar refractivity (Wildman–Crippen MR) is 63.2 cm³/mol. The Kier molecular flexibility index (Phi) is 5.09. The van der Waals surface area contributed by atoms with E-state index in [1.54, 1.807) is 6.20 Å². The molecule has 0 atom stereocenters. The Labute approximate surface area is 107 Å². The van der Waals surface area contributed by atoms with Gasteiger partial charge in [0.15, 0.2) is 0 Å². The molecule has 2 aromatic heterocycles. The molecule has 2 aromatic rings. The first-order valence-electron chi connectivity index (χ1n) is 4.96. The highest BCUT2D eigenvalue weighted by molar-refractivity contribution is 6.31. The number of hydrogen-bond donors (Lipinski definition) is 0. The smallest absolute Gasteiger partial charge is 0.260 e. The maximum atomic E-state index is 11.7. The van der Waals surface area contributed by atoms with Gasteiger partial charge in [-0.2, -0.15) is 13.2 Å². The molecule has 0 amide bonds. The van der Waals surface area contributed by atoms with Crippen LogP contribution in [0, 0.1) is 6.92 Å². The minimum Gasteiger partial charge on any atom is -0.260 e. The summed E-state index contributed by atoms with van der Waals surface area (Å²) in [5, 5.41) is 0.729. The van der Waals surface area contributed by atoms with E-state index in [1.165, 1.54) is 12.1 Å². The molecule has 0 unspecified atom stereocenters. The van der Waals surface area contributed by atoms with Gasteiger partial charge in [-0.05, 0) is 31.2 Å². The number of hydrogen-bond acceptors (Lipinski definition) is 2. The van der Waals surface area contributed by atoms with E-state index in [-0.39, 0.29) is 0 Å². The lowest BCUT2D eigenvalue weighted by molar-refractivity contribution is -0.141. The average Bonchev–Trinajstić information content (AvgIpc) is 2.34. The van der Waals surface area contributed by atoms with Crippen LogP contribution < -0.4 is 0 Å². The molecule has 2 nitrogen and oxygen atoms in total. The molecule has 0 aliphatic rings. The quantitative estimate of drug-likeness (QED) is 0.721. The van der Waals surface area contributed by atoms with Crippen LogP contribution in [0.2, 0.25) is 5.02 Å². The molecule has 96 valence electrons. The number of nitrogens with zero attached hydrogens (tertiary/aromatic N) is 2. The molecule has 2 rings (SSSR count). The lowest BCUT2D eigenvalue weighted by Gasteiger charge is -2.02. The van der Waals surface area contributed by atoms with Crippen LogP contribution in [-0.4, -0.2) is 9.97 Å². The van der Waals surface area contributed by atoms with Gasteiger partial charge in [0, 0.05) is 12.4 Å². The van der Waals surface area contributed by atoms with E-state index in [4.69, 9.17) is 11.6 Å². The molecule has 0 bridgehead atoms. The molecule has 0 N–H and O–H groups in total. The van der Waals surface area contributed by atoms with Crippen LogP contribution >= 0.6 is 11.6 Å². The molecule has 0 saturated heterocycles. The highest BCUT2D eigenvalue weighted by atomic mass is 35.5. The van der Waals surface area contributed by atoms with Gasteiger partial charge in [0.05, 0.1) is 10.7 Å². The largest absolute Gasteiger partial charge is 0.433 e. The first kappa shape index (κ1) is 14.4. The van der Waals surface area contributed by atoms with Gasteiger partial charge in [0.2, 0.25) is 0 Å². The summed E-state index contributed by atoms with van der Waals surface area (Å²) in [4.78, 5) is 7.07. The van der Waals surface area contributed by atoms with Crippen LogP contribution in [0.4, 0.5) is 13.2 Å². The second kappa shape index (κ2) is 6.35. The molecule has 0 radical (unpaired) electrons. The van der Waals surface area contributed by atoms with Crippen LogP contribution in [-0.2, 0) is 6.18 Å². The molecular weight excluding hydrogens is 265 g/mol. The zero-order valence-electron chi connectivity index (χ0n) is 9.45. The lowest BCUT2D eigenvalue weighted by Crippen LogP contribution is -2.06. The van der Waals surface area contributed by atoms with E-state index in [0.717, 1.165) is 23.0 Å². The van der Waals surface area contributed by atoms with Gasteiger partial charge in [-0.25, -0.2) is 0 Å². The monoisotopic (exact) mass is 274 g/mol. The van der Waals surface area contributed by atoms with Gasteiger partial charge in [-0.1, -0.05) is 17.7 Å². The number of aryl methyl sites for hydroxylation is 1. The number of aromatic nitrogens is 2. The summed E-state index contributed by atoms with van der Waals surface area (Å²) >= 11 is 5.65. The maximum Gasteiger partial charge on any atom is 0.433 e. The molecule has 0 aromatic carbocycles. The van der Waals surface area contributed by atoms with Crippen molar-refractivity contribution in [1.82, 2.24) is 9.97 Å². The molecule has 0 aliphatic heterocycles. The Balaban J connectivity index is 0.000000184. The Hall–Kier alpha value is -1.62. The predicted octanol–water partition coefficient (Wildman–Crippen LogP) is 4.14. The van der Waals surface area contributed by atoms with E-state index in [0.29, 0.717) is 0 Å². The Morgan fingerprint density at radius 1 is 1.00 bits per heavy atom. The highest BCUT2D eigenvalue weighted by Crippen LogP contribution is 2.26. The zero-order valence-corrected chi connectivity index (χ0v) is 10.2. The summed E-state index contributed by atoms with van der Waals surface area (Å²) in [6, 6.07) is 7.31. The first-order chi connectivity index (χ1) is 8.41. The number of halogens is 4. The van der Waals surface area contributed by atoms with Crippen LogP contribution in [0.25, 0.3) is 0 Å². The Bertz CT molecular complexity index is 465. The van der Waals surface area contributed by atoms with Gasteiger partial charge < -0.3 is 0 Å². The number of rotatable bonds is 0. The van der Waals surface area contributed by atoms with Gasteiger partial charge in [-0.3, -0.25) is 9.97 Å². The van der Waals surface area contributed by atoms with E-state index in [2.05, 4.69) is 9.97 Å². The molecule has 0 aliphatic carbocycles. The van der Waals surface area contributed by atoms with Crippen LogP contribution in [0.3, 0.4) is 0 Å². The first-order valence-corrected chi connectivity index (χ1v) is 5.34. The molecule has 0 saturated carbocycles. The standard InChI is InChI=1S/C6H6ClN.C6H4F3N/c1-5-6(7)3-2-4-8-5;7-6(8,9)5-3-1-2-4-10-5/h2-4H,1H3;1-4H. The van der Waals surface area contributed by atoms with Crippen molar-refractivity contribution in [3.8, 4) is 0 Å². The van der Waals surface area contributed by atoms with E-state index < -0.39 is 11.9 Å². The van der Waals surface area contributed by atoms with Crippen LogP contribution in [0.5, 0.6) is 0 Å². The minimum absolute atomic E-state index is 0.729. The summed E-state index contributed by atoms with van der Waals surface area (Å²) in [6.07, 6.45) is -1.48. The summed E-state index contributed by atoms with van der Waals surface area (Å²) in [5.41, 5.74) is 0.0316. The van der Waals surface area contributed by atoms with Crippen molar-refractivity contribution in [3.63, 3.8) is 0 Å². The summed E-state index contributed by atoms with van der Waals surface area (Å²) in [5.74, 6) is 0. The molecule has 18 heavy (non-hydrogen) atoms. The van der Waals surface area contributed by atoms with E-state index in [1.807, 2.05) is 19.1 Å². The molecular formula is C12H10ClF3N2. The fourth-order valence-electron chi connectivity index (χ4n) is 0.995. The Morgan fingerprint density at radius 3 is 2.00 bits per heavy atom. The molecule has 0 fully saturated rings. The van der Waals surface area contributed by atoms with Crippen LogP contribution in [0.1, 0.15) is 11.4 Å². The van der Waals surface area contributed by atoms with Crippen molar-refractivity contribution in [1.29, 1.82) is 0 Å². The van der Waals surface area contributed by atoms with E-state index >= 15 is 0 Å². The van der Waals surface area contributed by atoms with Crippen molar-refractivity contribution in [2.45, 2.75) is 13.1 Å². The van der Waals surface area contributed by atoms with Crippen LogP contribution in [0.15, 0.2) is 42.7 Å². The summed E-state index contributed by atoms with van der Waals surface area (Å²) < 4.78 is 35.2. The van der Waals surface area contributed by atoms with Gasteiger partial charge in [-0.15, -0.1) is 0 Å². The second-order valence-corrected chi connectivity index (χ2v) is 3.69. The van der Waals surface area contributed by atoms with Crippen molar-refractivity contribution >= 4 is 11.6 Å². The molecule has 2 heterocycles. The van der Waals surface area contributed by atoms with Crippen molar-refractivity contribution in [2.75, 3.05) is 0 Å². The maximum absolute atomic E-state index is 11.7. The average molecular weight is 275 g/mol. The topological polar surface area (TPSA) is 25.8 Å². The fourth-order valence-corrected chi connectivity index (χ4v) is 1.12. The van der Waals surface area contributed by atoms with Crippen molar-refractivity contribution in [3.05, 3.63) is 59.1 Å². The second-order valence-electron chi connectivity index (χ2n) is 3.28.